The van der Waals surface area contributed by atoms with Gasteiger partial charge in [0.05, 0.1) is 5.75 Å². The summed E-state index contributed by atoms with van der Waals surface area (Å²) < 4.78 is 28.9. The summed E-state index contributed by atoms with van der Waals surface area (Å²) in [5.74, 6) is -2.25. The van der Waals surface area contributed by atoms with Crippen molar-refractivity contribution in [3.63, 3.8) is 0 Å². The van der Waals surface area contributed by atoms with Gasteiger partial charge in [0.25, 0.3) is 0 Å². The number of sulfone groups is 1. The summed E-state index contributed by atoms with van der Waals surface area (Å²) in [7, 11) is -3.41. The maximum Gasteiger partial charge on any atom is 0.407 e. The second-order valence-electron chi connectivity index (χ2n) is 8.97. The zero-order valence-corrected chi connectivity index (χ0v) is 20.2. The minimum absolute atomic E-state index is 0.0360. The largest absolute Gasteiger partial charge is 0.480 e. The smallest absolute Gasteiger partial charge is 0.407 e. The monoisotopic (exact) mass is 500 g/mol. The van der Waals surface area contributed by atoms with E-state index in [1.165, 1.54) is 4.90 Å². The van der Waals surface area contributed by atoms with Gasteiger partial charge in [-0.15, -0.1) is 0 Å². The first-order valence-electron chi connectivity index (χ1n) is 11.5. The van der Waals surface area contributed by atoms with Crippen molar-refractivity contribution in [2.75, 3.05) is 25.2 Å². The molecule has 0 bridgehead atoms. The number of nitrogens with zero attached hydrogens (tertiary/aromatic N) is 1. The standard InChI is InChI=1S/C25H28N2O7S/c1-35(32,33)14-12-21(23(28)27-13-6-11-22(27)24(29)30)26-25(31)34-15-20-18-9-4-2-7-16(18)17-8-3-5-10-19(17)20/h2-5,7-10,20-22H,6,11-15H2,1H3,(H,26,31)(H,29,30)/t21?,22-/m1/s1. The Bertz CT molecular complexity index is 1200. The average molecular weight is 501 g/mol. The number of aliphatic carboxylic acids is 1. The van der Waals surface area contributed by atoms with Gasteiger partial charge >= 0.3 is 12.1 Å². The van der Waals surface area contributed by atoms with Crippen molar-refractivity contribution in [2.45, 2.75) is 37.3 Å². The number of ether oxygens (including phenoxy) is 1. The third kappa shape index (κ3) is 5.48. The summed E-state index contributed by atoms with van der Waals surface area (Å²) in [5, 5.41) is 11.9. The second-order valence-corrected chi connectivity index (χ2v) is 11.2. The number of alkyl carbamates (subject to hydrolysis) is 1. The Hall–Kier alpha value is -3.40. The molecule has 1 aliphatic carbocycles. The molecule has 1 aliphatic heterocycles. The van der Waals surface area contributed by atoms with Gasteiger partial charge in [0, 0.05) is 18.7 Å². The number of hydrogen-bond acceptors (Lipinski definition) is 6. The summed E-state index contributed by atoms with van der Waals surface area (Å²) in [6, 6.07) is 13.6. The number of carbonyl (C=O) groups excluding carboxylic acids is 2. The SMILES string of the molecule is CS(=O)(=O)CCC(NC(=O)OCC1c2ccccc2-c2ccccc21)C(=O)N1CCC[C@@H]1C(=O)O. The lowest BCUT2D eigenvalue weighted by molar-refractivity contribution is -0.149. The van der Waals surface area contributed by atoms with Gasteiger partial charge in [0.1, 0.15) is 28.5 Å². The van der Waals surface area contributed by atoms with E-state index < -0.39 is 39.9 Å². The Morgan fingerprint density at radius 1 is 1.09 bits per heavy atom. The van der Waals surface area contributed by atoms with Crippen LogP contribution >= 0.6 is 0 Å². The topological polar surface area (TPSA) is 130 Å². The molecule has 2 aliphatic rings. The van der Waals surface area contributed by atoms with Crippen LogP contribution in [0.5, 0.6) is 0 Å². The number of rotatable bonds is 8. The maximum absolute atomic E-state index is 13.1. The highest BCUT2D eigenvalue weighted by Crippen LogP contribution is 2.44. The molecule has 186 valence electrons. The van der Waals surface area contributed by atoms with Crippen molar-refractivity contribution in [3.8, 4) is 11.1 Å². The lowest BCUT2D eigenvalue weighted by Crippen LogP contribution is -2.52. The fourth-order valence-electron chi connectivity index (χ4n) is 4.86. The zero-order chi connectivity index (χ0) is 25.2. The molecule has 0 radical (unpaired) electrons. The maximum atomic E-state index is 13.1. The van der Waals surface area contributed by atoms with Gasteiger partial charge in [-0.2, -0.15) is 0 Å². The fourth-order valence-corrected chi connectivity index (χ4v) is 5.52. The summed E-state index contributed by atoms with van der Waals surface area (Å²) in [6.07, 6.45) is 0.837. The van der Waals surface area contributed by atoms with Gasteiger partial charge < -0.3 is 20.1 Å². The summed E-state index contributed by atoms with van der Waals surface area (Å²) >= 11 is 0. The van der Waals surface area contributed by atoms with Crippen molar-refractivity contribution in [2.24, 2.45) is 0 Å². The number of nitrogens with one attached hydrogen (secondary N) is 1. The minimum atomic E-state index is -3.41. The van der Waals surface area contributed by atoms with Crippen molar-refractivity contribution >= 4 is 27.8 Å². The molecule has 1 heterocycles. The lowest BCUT2D eigenvalue weighted by atomic mass is 9.98. The van der Waals surface area contributed by atoms with Crippen molar-refractivity contribution in [3.05, 3.63) is 59.7 Å². The molecule has 2 aromatic rings. The summed E-state index contributed by atoms with van der Waals surface area (Å²) in [5.41, 5.74) is 4.22. The van der Waals surface area contributed by atoms with Crippen LogP contribution in [0.1, 0.15) is 36.3 Å². The van der Waals surface area contributed by atoms with Crippen molar-refractivity contribution in [1.82, 2.24) is 10.2 Å². The second kappa shape index (κ2) is 10.1. The van der Waals surface area contributed by atoms with E-state index in [1.807, 2.05) is 48.5 Å². The van der Waals surface area contributed by atoms with Crippen LogP contribution in [0.15, 0.2) is 48.5 Å². The highest BCUT2D eigenvalue weighted by molar-refractivity contribution is 7.90. The highest BCUT2D eigenvalue weighted by Gasteiger charge is 2.38. The predicted molar refractivity (Wildman–Crippen MR) is 129 cm³/mol. The van der Waals surface area contributed by atoms with E-state index in [0.717, 1.165) is 28.5 Å². The molecule has 0 saturated carbocycles. The van der Waals surface area contributed by atoms with E-state index >= 15 is 0 Å². The van der Waals surface area contributed by atoms with Crippen molar-refractivity contribution in [1.29, 1.82) is 0 Å². The molecule has 35 heavy (non-hydrogen) atoms. The number of likely N-dealkylation sites (tertiary alicyclic amines) is 1. The Labute approximate surface area is 204 Å². The fraction of sp³-hybridized carbons (Fsp3) is 0.400. The van der Waals surface area contributed by atoms with Gasteiger partial charge in [-0.25, -0.2) is 18.0 Å². The van der Waals surface area contributed by atoms with E-state index in [1.54, 1.807) is 0 Å². The zero-order valence-electron chi connectivity index (χ0n) is 19.3. The number of hydrogen-bond donors (Lipinski definition) is 2. The molecule has 2 atom stereocenters. The van der Waals surface area contributed by atoms with E-state index in [0.29, 0.717) is 12.8 Å². The first-order chi connectivity index (χ1) is 16.7. The Morgan fingerprint density at radius 3 is 2.26 bits per heavy atom. The molecule has 0 spiro atoms. The van der Waals surface area contributed by atoms with E-state index in [9.17, 15) is 27.9 Å². The normalized spacial score (nSPS) is 18.0. The van der Waals surface area contributed by atoms with Crippen LogP contribution in [0.2, 0.25) is 0 Å². The lowest BCUT2D eigenvalue weighted by Gasteiger charge is -2.27. The molecule has 1 unspecified atom stereocenters. The van der Waals surface area contributed by atoms with Gasteiger partial charge in [0.2, 0.25) is 5.91 Å². The Kier molecular flexibility index (Phi) is 7.11. The third-order valence-corrected chi connectivity index (χ3v) is 7.51. The molecule has 4 rings (SSSR count). The quantitative estimate of drug-likeness (QED) is 0.569. The molecule has 1 saturated heterocycles. The molecule has 9 nitrogen and oxygen atoms in total. The van der Waals surface area contributed by atoms with Crippen LogP contribution in [-0.2, 0) is 24.2 Å². The average Bonchev–Trinajstić information content (AvgIpc) is 3.43. The number of fused-ring (bicyclic) bond motifs is 3. The first kappa shape index (κ1) is 24.7. The predicted octanol–water partition coefficient (Wildman–Crippen LogP) is 2.40. The van der Waals surface area contributed by atoms with E-state index in [-0.39, 0.29) is 31.2 Å². The van der Waals surface area contributed by atoms with Crippen LogP contribution in [0.3, 0.4) is 0 Å². The van der Waals surface area contributed by atoms with Crippen LogP contribution in [0.25, 0.3) is 11.1 Å². The van der Waals surface area contributed by atoms with Crippen LogP contribution in [-0.4, -0.2) is 73.6 Å². The molecule has 2 aromatic carbocycles. The first-order valence-corrected chi connectivity index (χ1v) is 13.5. The molecular weight excluding hydrogens is 472 g/mol. The van der Waals surface area contributed by atoms with Gasteiger partial charge in [0.15, 0.2) is 0 Å². The molecule has 2 N–H and O–H groups in total. The minimum Gasteiger partial charge on any atom is -0.480 e. The van der Waals surface area contributed by atoms with Gasteiger partial charge in [-0.1, -0.05) is 48.5 Å². The van der Waals surface area contributed by atoms with Crippen LogP contribution in [0.4, 0.5) is 4.79 Å². The van der Waals surface area contributed by atoms with Crippen LogP contribution < -0.4 is 5.32 Å². The molecule has 2 amide bonds. The number of amides is 2. The van der Waals surface area contributed by atoms with E-state index in [2.05, 4.69) is 5.32 Å². The molecule has 10 heteroatoms. The summed E-state index contributed by atoms with van der Waals surface area (Å²) in [4.78, 5) is 38.5. The third-order valence-electron chi connectivity index (χ3n) is 6.53. The van der Waals surface area contributed by atoms with Crippen molar-refractivity contribution < 1.29 is 32.6 Å². The van der Waals surface area contributed by atoms with E-state index in [4.69, 9.17) is 4.74 Å². The molecule has 1 fully saturated rings. The number of carboxylic acids is 1. The highest BCUT2D eigenvalue weighted by atomic mass is 32.2. The Balaban J connectivity index is 1.46. The molecular formula is C25H28N2O7S. The summed E-state index contributed by atoms with van der Waals surface area (Å²) in [6.45, 7) is 0.270. The Morgan fingerprint density at radius 2 is 1.69 bits per heavy atom. The van der Waals surface area contributed by atoms with Crippen LogP contribution in [0, 0.1) is 0 Å². The number of carboxylic acid groups (broad SMARTS) is 1. The molecule has 0 aromatic heterocycles. The van der Waals surface area contributed by atoms with Gasteiger partial charge in [-0.05, 0) is 41.5 Å². The van der Waals surface area contributed by atoms with Gasteiger partial charge in [-0.3, -0.25) is 4.79 Å². The number of benzene rings is 2. The number of carbonyl (C=O) groups is 3.